The summed E-state index contributed by atoms with van der Waals surface area (Å²) in [6.45, 7) is 2.82. The Morgan fingerprint density at radius 3 is 2.27 bits per heavy atom. The smallest absolute Gasteiger partial charge is 0.259 e. The minimum Gasteiger partial charge on any atom is -0.353 e. The van der Waals surface area contributed by atoms with Crippen molar-refractivity contribution < 1.29 is 4.79 Å². The van der Waals surface area contributed by atoms with Gasteiger partial charge in [0.15, 0.2) is 5.82 Å². The lowest BCUT2D eigenvalue weighted by Crippen LogP contribution is -2.49. The van der Waals surface area contributed by atoms with Crippen LogP contribution in [0.1, 0.15) is 10.4 Å². The fraction of sp³-hybridized carbons (Fsp3) is 0.174. The Labute approximate surface area is 174 Å². The van der Waals surface area contributed by atoms with Crippen LogP contribution in [-0.2, 0) is 0 Å². The van der Waals surface area contributed by atoms with Crippen molar-refractivity contribution in [1.29, 1.82) is 0 Å². The van der Waals surface area contributed by atoms with Gasteiger partial charge in [0.2, 0.25) is 0 Å². The van der Waals surface area contributed by atoms with Crippen LogP contribution in [0.5, 0.6) is 0 Å². The van der Waals surface area contributed by atoms with E-state index in [4.69, 9.17) is 0 Å². The van der Waals surface area contributed by atoms with Gasteiger partial charge in [0.25, 0.3) is 5.91 Å². The first kappa shape index (κ1) is 18.2. The Kier molecular flexibility index (Phi) is 4.77. The summed E-state index contributed by atoms with van der Waals surface area (Å²) in [7, 11) is 0. The third-order valence-electron chi connectivity index (χ3n) is 5.36. The fourth-order valence-corrected chi connectivity index (χ4v) is 3.82. The first-order valence-electron chi connectivity index (χ1n) is 10.0. The Morgan fingerprint density at radius 1 is 0.833 bits per heavy atom. The molecule has 1 aliphatic heterocycles. The predicted molar refractivity (Wildman–Crippen MR) is 115 cm³/mol. The Bertz CT molecular complexity index is 1110. The number of aromatic nitrogens is 4. The van der Waals surface area contributed by atoms with Crippen LogP contribution in [0.4, 0.5) is 5.82 Å². The number of benzene rings is 1. The molecule has 4 aromatic rings. The SMILES string of the molecule is O=C(c1cnn(-c2ccccc2)c1-n1cccc1)N1CCN(c2ccccn2)CC1. The molecule has 0 saturated carbocycles. The molecular weight excluding hydrogens is 376 g/mol. The van der Waals surface area contributed by atoms with Crippen LogP contribution in [0.15, 0.2) is 85.5 Å². The molecule has 1 amide bonds. The van der Waals surface area contributed by atoms with E-state index in [0.717, 1.165) is 30.4 Å². The second kappa shape index (κ2) is 7.87. The molecule has 0 spiro atoms. The van der Waals surface area contributed by atoms with Crippen LogP contribution in [0.2, 0.25) is 0 Å². The van der Waals surface area contributed by atoms with Crippen molar-refractivity contribution in [3.8, 4) is 11.5 Å². The van der Waals surface area contributed by atoms with E-state index in [1.807, 2.05) is 87.2 Å². The van der Waals surface area contributed by atoms with E-state index in [2.05, 4.69) is 15.0 Å². The van der Waals surface area contributed by atoms with E-state index in [9.17, 15) is 4.79 Å². The molecule has 0 aliphatic carbocycles. The van der Waals surface area contributed by atoms with Gasteiger partial charge in [0, 0.05) is 44.8 Å². The molecular formula is C23H22N6O. The molecule has 1 aliphatic rings. The number of carbonyl (C=O) groups is 1. The van der Waals surface area contributed by atoms with Gasteiger partial charge in [0.1, 0.15) is 11.4 Å². The number of piperazine rings is 1. The quantitative estimate of drug-likeness (QED) is 0.530. The number of nitrogens with zero attached hydrogens (tertiary/aromatic N) is 6. The zero-order chi connectivity index (χ0) is 20.3. The molecule has 1 saturated heterocycles. The molecule has 1 aromatic carbocycles. The van der Waals surface area contributed by atoms with E-state index in [1.165, 1.54) is 0 Å². The molecule has 0 unspecified atom stereocenters. The molecule has 0 bridgehead atoms. The first-order chi connectivity index (χ1) is 14.8. The number of amides is 1. The van der Waals surface area contributed by atoms with E-state index < -0.39 is 0 Å². The highest BCUT2D eigenvalue weighted by molar-refractivity contribution is 5.97. The topological polar surface area (TPSA) is 59.2 Å². The molecule has 7 nitrogen and oxygen atoms in total. The highest BCUT2D eigenvalue weighted by Crippen LogP contribution is 2.22. The summed E-state index contributed by atoms with van der Waals surface area (Å²) in [5.74, 6) is 1.71. The number of anilines is 1. The molecule has 0 atom stereocenters. The third kappa shape index (κ3) is 3.34. The van der Waals surface area contributed by atoms with Gasteiger partial charge < -0.3 is 14.4 Å². The standard InChI is InChI=1S/C23H22N6O/c30-23(28-16-14-26(15-17-28)21-10-4-5-11-24-21)20-18-25-29(19-8-2-1-3-9-19)22(20)27-12-6-7-13-27/h1-13,18H,14-17H2. The Morgan fingerprint density at radius 2 is 1.57 bits per heavy atom. The monoisotopic (exact) mass is 398 g/mol. The maximum absolute atomic E-state index is 13.4. The summed E-state index contributed by atoms with van der Waals surface area (Å²) in [5, 5.41) is 4.55. The van der Waals surface area contributed by atoms with Gasteiger partial charge in [-0.2, -0.15) is 5.10 Å². The van der Waals surface area contributed by atoms with Crippen molar-refractivity contribution in [2.24, 2.45) is 0 Å². The number of pyridine rings is 1. The lowest BCUT2D eigenvalue weighted by molar-refractivity contribution is 0.0746. The average molecular weight is 398 g/mol. The maximum atomic E-state index is 13.4. The van der Waals surface area contributed by atoms with E-state index >= 15 is 0 Å². The van der Waals surface area contributed by atoms with Crippen molar-refractivity contribution in [2.75, 3.05) is 31.1 Å². The summed E-state index contributed by atoms with van der Waals surface area (Å²) in [6.07, 6.45) is 7.35. The minimum absolute atomic E-state index is 0.00144. The number of para-hydroxylation sites is 1. The second-order valence-corrected chi connectivity index (χ2v) is 7.19. The van der Waals surface area contributed by atoms with Gasteiger partial charge in [-0.1, -0.05) is 24.3 Å². The van der Waals surface area contributed by atoms with Gasteiger partial charge in [-0.15, -0.1) is 0 Å². The van der Waals surface area contributed by atoms with Gasteiger partial charge >= 0.3 is 0 Å². The van der Waals surface area contributed by atoms with Crippen LogP contribution in [-0.4, -0.2) is 56.3 Å². The Balaban J connectivity index is 1.42. The predicted octanol–water partition coefficient (Wildman–Crippen LogP) is 3.02. The number of rotatable bonds is 4. The largest absolute Gasteiger partial charge is 0.353 e. The molecule has 7 heteroatoms. The second-order valence-electron chi connectivity index (χ2n) is 7.19. The Hall–Kier alpha value is -3.87. The molecule has 150 valence electrons. The molecule has 30 heavy (non-hydrogen) atoms. The van der Waals surface area contributed by atoms with Crippen LogP contribution in [0.25, 0.3) is 11.5 Å². The summed E-state index contributed by atoms with van der Waals surface area (Å²) in [5.41, 5.74) is 1.52. The normalized spacial score (nSPS) is 14.1. The van der Waals surface area contributed by atoms with E-state index in [-0.39, 0.29) is 5.91 Å². The molecule has 0 radical (unpaired) electrons. The van der Waals surface area contributed by atoms with Crippen LogP contribution < -0.4 is 4.90 Å². The van der Waals surface area contributed by atoms with E-state index in [0.29, 0.717) is 18.7 Å². The molecule has 0 N–H and O–H groups in total. The van der Waals surface area contributed by atoms with Crippen molar-refractivity contribution in [2.45, 2.75) is 0 Å². The fourth-order valence-electron chi connectivity index (χ4n) is 3.82. The number of hydrogen-bond donors (Lipinski definition) is 0. The van der Waals surface area contributed by atoms with Gasteiger partial charge in [-0.05, 0) is 36.4 Å². The van der Waals surface area contributed by atoms with Crippen LogP contribution in [0, 0.1) is 0 Å². The van der Waals surface area contributed by atoms with Gasteiger partial charge in [0.05, 0.1) is 11.9 Å². The molecule has 1 fully saturated rings. The average Bonchev–Trinajstić information content (AvgIpc) is 3.50. The van der Waals surface area contributed by atoms with Crippen molar-refractivity contribution >= 4 is 11.7 Å². The lowest BCUT2D eigenvalue weighted by atomic mass is 10.2. The summed E-state index contributed by atoms with van der Waals surface area (Å²) in [6, 6.07) is 19.7. The van der Waals surface area contributed by atoms with Gasteiger partial charge in [-0.3, -0.25) is 4.79 Å². The highest BCUT2D eigenvalue weighted by Gasteiger charge is 2.27. The van der Waals surface area contributed by atoms with Crippen molar-refractivity contribution in [3.63, 3.8) is 0 Å². The van der Waals surface area contributed by atoms with Crippen LogP contribution in [0.3, 0.4) is 0 Å². The molecule has 5 rings (SSSR count). The van der Waals surface area contributed by atoms with Crippen LogP contribution >= 0.6 is 0 Å². The highest BCUT2D eigenvalue weighted by atomic mass is 16.2. The number of hydrogen-bond acceptors (Lipinski definition) is 4. The first-order valence-corrected chi connectivity index (χ1v) is 10.0. The number of carbonyl (C=O) groups excluding carboxylic acids is 1. The maximum Gasteiger partial charge on any atom is 0.259 e. The van der Waals surface area contributed by atoms with Crippen molar-refractivity contribution in [3.05, 3.63) is 91.0 Å². The van der Waals surface area contributed by atoms with Gasteiger partial charge in [-0.25, -0.2) is 9.67 Å². The minimum atomic E-state index is 0.00144. The summed E-state index contributed by atoms with van der Waals surface area (Å²) < 4.78 is 3.76. The molecule has 3 aromatic heterocycles. The zero-order valence-electron chi connectivity index (χ0n) is 16.5. The van der Waals surface area contributed by atoms with E-state index in [1.54, 1.807) is 12.4 Å². The molecule has 4 heterocycles. The van der Waals surface area contributed by atoms with Crippen molar-refractivity contribution in [1.82, 2.24) is 24.2 Å². The third-order valence-corrected chi connectivity index (χ3v) is 5.36. The zero-order valence-corrected chi connectivity index (χ0v) is 16.5. The summed E-state index contributed by atoms with van der Waals surface area (Å²) in [4.78, 5) is 22.0. The summed E-state index contributed by atoms with van der Waals surface area (Å²) >= 11 is 0. The lowest BCUT2D eigenvalue weighted by Gasteiger charge is -2.35.